The van der Waals surface area contributed by atoms with Crippen LogP contribution in [-0.2, 0) is 16.9 Å². The number of rotatable bonds is 4. The van der Waals surface area contributed by atoms with Crippen LogP contribution in [0.4, 0.5) is 10.5 Å². The SMILES string of the molecule is C[C@@]1(c2ccccc2Cl)NC(=O)N(Cc2cccc([N+](=O)[O-])c2)C1=O. The summed E-state index contributed by atoms with van der Waals surface area (Å²) in [5, 5.41) is 13.9. The Kier molecular flexibility index (Phi) is 4.18. The summed E-state index contributed by atoms with van der Waals surface area (Å²) in [6, 6.07) is 12.0. The van der Waals surface area contributed by atoms with Crippen LogP contribution < -0.4 is 5.32 Å². The molecule has 1 saturated heterocycles. The third kappa shape index (κ3) is 2.94. The lowest BCUT2D eigenvalue weighted by Crippen LogP contribution is -2.41. The molecule has 1 aliphatic heterocycles. The normalized spacial score (nSPS) is 19.8. The van der Waals surface area contributed by atoms with Crippen molar-refractivity contribution in [2.75, 3.05) is 0 Å². The molecule has 128 valence electrons. The fourth-order valence-electron chi connectivity index (χ4n) is 2.84. The number of non-ortho nitro benzene ring substituents is 1. The molecule has 7 nitrogen and oxygen atoms in total. The summed E-state index contributed by atoms with van der Waals surface area (Å²) in [6.45, 7) is 1.52. The van der Waals surface area contributed by atoms with E-state index in [1.807, 2.05) is 0 Å². The van der Waals surface area contributed by atoms with Crippen molar-refractivity contribution in [1.29, 1.82) is 0 Å². The van der Waals surface area contributed by atoms with E-state index in [0.29, 0.717) is 16.1 Å². The lowest BCUT2D eigenvalue weighted by atomic mass is 9.92. The maximum absolute atomic E-state index is 12.9. The minimum absolute atomic E-state index is 0.0631. The molecule has 1 N–H and O–H groups in total. The zero-order valence-corrected chi connectivity index (χ0v) is 14.0. The van der Waals surface area contributed by atoms with Gasteiger partial charge in [-0.2, -0.15) is 0 Å². The van der Waals surface area contributed by atoms with Crippen LogP contribution in [0.5, 0.6) is 0 Å². The standard InChI is InChI=1S/C17H14ClN3O4/c1-17(13-7-2-3-8-14(13)18)15(22)20(16(23)19-17)10-11-5-4-6-12(9-11)21(24)25/h2-9H,10H2,1H3,(H,19,23)/t17-/m0/s1. The molecule has 0 spiro atoms. The Balaban J connectivity index is 1.91. The van der Waals surface area contributed by atoms with E-state index in [4.69, 9.17) is 11.6 Å². The summed E-state index contributed by atoms with van der Waals surface area (Å²) >= 11 is 6.17. The van der Waals surface area contributed by atoms with E-state index in [2.05, 4.69) is 5.32 Å². The molecule has 8 heteroatoms. The first-order chi connectivity index (χ1) is 11.8. The van der Waals surface area contributed by atoms with Gasteiger partial charge in [0.15, 0.2) is 0 Å². The Morgan fingerprint density at radius 2 is 1.92 bits per heavy atom. The number of benzene rings is 2. The van der Waals surface area contributed by atoms with Gasteiger partial charge in [0.2, 0.25) is 0 Å². The maximum atomic E-state index is 12.9. The van der Waals surface area contributed by atoms with Gasteiger partial charge >= 0.3 is 6.03 Å². The zero-order chi connectivity index (χ0) is 18.2. The van der Waals surface area contributed by atoms with Crippen LogP contribution in [0, 0.1) is 10.1 Å². The van der Waals surface area contributed by atoms with Crippen LogP contribution in [0.2, 0.25) is 5.02 Å². The molecule has 1 heterocycles. The van der Waals surface area contributed by atoms with Gasteiger partial charge in [-0.1, -0.05) is 41.9 Å². The number of carbonyl (C=O) groups excluding carboxylic acids is 2. The summed E-state index contributed by atoms with van der Waals surface area (Å²) in [5.74, 6) is -0.461. The van der Waals surface area contributed by atoms with E-state index in [-0.39, 0.29) is 12.2 Å². The van der Waals surface area contributed by atoms with Crippen molar-refractivity contribution in [2.45, 2.75) is 19.0 Å². The van der Waals surface area contributed by atoms with Crippen LogP contribution >= 0.6 is 11.6 Å². The van der Waals surface area contributed by atoms with Crippen molar-refractivity contribution in [3.63, 3.8) is 0 Å². The highest BCUT2D eigenvalue weighted by Crippen LogP contribution is 2.34. The molecule has 0 radical (unpaired) electrons. The number of urea groups is 1. The lowest BCUT2D eigenvalue weighted by molar-refractivity contribution is -0.384. The molecule has 0 aliphatic carbocycles. The van der Waals surface area contributed by atoms with E-state index in [1.54, 1.807) is 37.3 Å². The molecule has 1 aliphatic rings. The first-order valence-electron chi connectivity index (χ1n) is 7.45. The minimum atomic E-state index is -1.28. The maximum Gasteiger partial charge on any atom is 0.325 e. The number of hydrogen-bond acceptors (Lipinski definition) is 4. The molecule has 0 bridgehead atoms. The molecular weight excluding hydrogens is 346 g/mol. The Morgan fingerprint density at radius 1 is 1.20 bits per heavy atom. The molecule has 25 heavy (non-hydrogen) atoms. The summed E-state index contributed by atoms with van der Waals surface area (Å²) in [5.41, 5.74) is -0.396. The molecule has 0 saturated carbocycles. The third-order valence-corrected chi connectivity index (χ3v) is 4.48. The number of nitro groups is 1. The molecule has 1 atom stereocenters. The van der Waals surface area contributed by atoms with Gasteiger partial charge in [-0.3, -0.25) is 19.8 Å². The number of amides is 3. The first kappa shape index (κ1) is 16.9. The number of carbonyl (C=O) groups is 2. The van der Waals surface area contributed by atoms with Gasteiger partial charge in [-0.05, 0) is 18.6 Å². The average Bonchev–Trinajstić information content (AvgIpc) is 2.79. The smallest absolute Gasteiger partial charge is 0.319 e. The topological polar surface area (TPSA) is 92.6 Å². The van der Waals surface area contributed by atoms with Crippen molar-refractivity contribution < 1.29 is 14.5 Å². The van der Waals surface area contributed by atoms with E-state index >= 15 is 0 Å². The second-order valence-corrected chi connectivity index (χ2v) is 6.26. The van der Waals surface area contributed by atoms with Gasteiger partial charge in [0.05, 0.1) is 11.5 Å². The van der Waals surface area contributed by atoms with E-state index < -0.39 is 22.4 Å². The van der Waals surface area contributed by atoms with Gasteiger partial charge in [0.25, 0.3) is 11.6 Å². The van der Waals surface area contributed by atoms with E-state index in [1.165, 1.54) is 18.2 Å². The molecule has 2 aromatic rings. The number of halogens is 1. The molecule has 3 rings (SSSR count). The number of hydrogen-bond donors (Lipinski definition) is 1. The van der Waals surface area contributed by atoms with Gasteiger partial charge < -0.3 is 5.32 Å². The number of imide groups is 1. The fourth-order valence-corrected chi connectivity index (χ4v) is 3.17. The van der Waals surface area contributed by atoms with Gasteiger partial charge in [-0.15, -0.1) is 0 Å². The Labute approximate surface area is 148 Å². The third-order valence-electron chi connectivity index (χ3n) is 4.15. The highest BCUT2D eigenvalue weighted by Gasteiger charge is 2.49. The van der Waals surface area contributed by atoms with Crippen molar-refractivity contribution in [1.82, 2.24) is 10.2 Å². The van der Waals surface area contributed by atoms with E-state index in [0.717, 1.165) is 4.90 Å². The van der Waals surface area contributed by atoms with Crippen LogP contribution in [0.25, 0.3) is 0 Å². The number of nitrogens with one attached hydrogen (secondary N) is 1. The highest BCUT2D eigenvalue weighted by atomic mass is 35.5. The Morgan fingerprint density at radius 3 is 2.60 bits per heavy atom. The molecular formula is C17H14ClN3O4. The number of nitrogens with zero attached hydrogens (tertiary/aromatic N) is 2. The summed E-state index contributed by atoms with van der Waals surface area (Å²) in [6.07, 6.45) is 0. The predicted molar refractivity (Wildman–Crippen MR) is 91.0 cm³/mol. The van der Waals surface area contributed by atoms with Gasteiger partial charge in [-0.25, -0.2) is 4.79 Å². The largest absolute Gasteiger partial charge is 0.325 e. The lowest BCUT2D eigenvalue weighted by Gasteiger charge is -2.23. The van der Waals surface area contributed by atoms with Crippen molar-refractivity contribution >= 4 is 29.2 Å². The Bertz CT molecular complexity index is 886. The fraction of sp³-hybridized carbons (Fsp3) is 0.176. The highest BCUT2D eigenvalue weighted by molar-refractivity contribution is 6.32. The monoisotopic (exact) mass is 359 g/mol. The predicted octanol–water partition coefficient (Wildman–Crippen LogP) is 3.22. The summed E-state index contributed by atoms with van der Waals surface area (Å²) in [7, 11) is 0. The van der Waals surface area contributed by atoms with Crippen molar-refractivity contribution in [3.8, 4) is 0 Å². The number of nitro benzene ring substituents is 1. The Hall–Kier alpha value is -2.93. The molecule has 3 amide bonds. The van der Waals surface area contributed by atoms with Gasteiger partial charge in [0.1, 0.15) is 5.54 Å². The van der Waals surface area contributed by atoms with Crippen molar-refractivity contribution in [2.24, 2.45) is 0 Å². The average molecular weight is 360 g/mol. The molecule has 1 fully saturated rings. The van der Waals surface area contributed by atoms with Crippen molar-refractivity contribution in [3.05, 3.63) is 74.8 Å². The molecule has 0 aromatic heterocycles. The quantitative estimate of drug-likeness (QED) is 0.515. The van der Waals surface area contributed by atoms with E-state index in [9.17, 15) is 19.7 Å². The molecule has 0 unspecified atom stereocenters. The zero-order valence-electron chi connectivity index (χ0n) is 13.2. The van der Waals surface area contributed by atoms with Crippen LogP contribution in [0.3, 0.4) is 0 Å². The second kappa shape index (κ2) is 6.18. The summed E-state index contributed by atoms with van der Waals surface area (Å²) < 4.78 is 0. The molecule has 2 aromatic carbocycles. The minimum Gasteiger partial charge on any atom is -0.319 e. The van der Waals surface area contributed by atoms with Crippen LogP contribution in [-0.4, -0.2) is 21.8 Å². The van der Waals surface area contributed by atoms with Crippen LogP contribution in [0.15, 0.2) is 48.5 Å². The second-order valence-electron chi connectivity index (χ2n) is 5.85. The van der Waals surface area contributed by atoms with Crippen LogP contribution in [0.1, 0.15) is 18.1 Å². The van der Waals surface area contributed by atoms with Gasteiger partial charge in [0, 0.05) is 22.7 Å². The summed E-state index contributed by atoms with van der Waals surface area (Å²) in [4.78, 5) is 36.6. The first-order valence-corrected chi connectivity index (χ1v) is 7.83.